The number of hydrogen-bond acceptors (Lipinski definition) is 4. The van der Waals surface area contributed by atoms with E-state index in [-0.39, 0.29) is 35.2 Å². The van der Waals surface area contributed by atoms with Crippen molar-refractivity contribution in [2.45, 2.75) is 81.6 Å². The number of benzene rings is 1. The molecule has 2 N–H and O–H groups in total. The van der Waals surface area contributed by atoms with Gasteiger partial charge in [0.05, 0.1) is 10.8 Å². The Morgan fingerprint density at radius 1 is 1.00 bits per heavy atom. The second-order valence-corrected chi connectivity index (χ2v) is 11.1. The third kappa shape index (κ3) is 5.29. The molecule has 1 atom stereocenters. The number of anilines is 1. The Hall–Kier alpha value is -1.93. The highest BCUT2D eigenvalue weighted by Crippen LogP contribution is 2.29. The van der Waals surface area contributed by atoms with Crippen LogP contribution in [0.4, 0.5) is 5.69 Å². The summed E-state index contributed by atoms with van der Waals surface area (Å²) in [5, 5.41) is 6.04. The van der Waals surface area contributed by atoms with Gasteiger partial charge in [0.15, 0.2) is 0 Å². The third-order valence-electron chi connectivity index (χ3n) is 6.79. The van der Waals surface area contributed by atoms with Crippen molar-refractivity contribution < 1.29 is 18.0 Å². The zero-order chi connectivity index (χ0) is 21.8. The van der Waals surface area contributed by atoms with Crippen LogP contribution in [0.5, 0.6) is 0 Å². The van der Waals surface area contributed by atoms with Crippen LogP contribution < -0.4 is 10.6 Å². The first-order chi connectivity index (χ1) is 14.9. The van der Waals surface area contributed by atoms with Gasteiger partial charge in [-0.05, 0) is 62.3 Å². The molecular weight excluding hydrogens is 414 g/mol. The molecule has 3 aliphatic rings. The summed E-state index contributed by atoms with van der Waals surface area (Å²) in [7, 11) is -3.69. The summed E-state index contributed by atoms with van der Waals surface area (Å²) in [5.41, 5.74) is 1.55. The monoisotopic (exact) mass is 447 g/mol. The molecule has 4 rings (SSSR count). The second-order valence-electron chi connectivity index (χ2n) is 9.12. The summed E-state index contributed by atoms with van der Waals surface area (Å²) in [6.45, 7) is 0.665. The lowest BCUT2D eigenvalue weighted by Crippen LogP contribution is -2.47. The average molecular weight is 448 g/mol. The van der Waals surface area contributed by atoms with E-state index in [2.05, 4.69) is 10.6 Å². The molecule has 1 aliphatic carbocycles. The molecule has 1 saturated carbocycles. The Morgan fingerprint density at radius 2 is 1.77 bits per heavy atom. The van der Waals surface area contributed by atoms with E-state index in [4.69, 9.17) is 0 Å². The maximum atomic E-state index is 13.3. The molecule has 1 aromatic carbocycles. The molecule has 0 spiro atoms. The maximum Gasteiger partial charge on any atom is 0.243 e. The molecule has 0 bridgehead atoms. The maximum absolute atomic E-state index is 13.3. The largest absolute Gasteiger partial charge is 0.353 e. The van der Waals surface area contributed by atoms with Gasteiger partial charge in [-0.3, -0.25) is 9.59 Å². The van der Waals surface area contributed by atoms with Gasteiger partial charge >= 0.3 is 0 Å². The lowest BCUT2D eigenvalue weighted by atomic mass is 9.97. The summed E-state index contributed by atoms with van der Waals surface area (Å²) in [6.07, 6.45) is 10.0. The smallest absolute Gasteiger partial charge is 0.243 e. The Morgan fingerprint density at radius 3 is 2.55 bits per heavy atom. The molecule has 2 fully saturated rings. The number of carbonyl (C=O) groups is 2. The first-order valence-corrected chi connectivity index (χ1v) is 13.1. The number of fused-ring (bicyclic) bond motifs is 1. The van der Waals surface area contributed by atoms with Crippen molar-refractivity contribution in [2.24, 2.45) is 5.92 Å². The number of hydrogen-bond donors (Lipinski definition) is 2. The number of rotatable bonds is 4. The van der Waals surface area contributed by atoms with Crippen LogP contribution in [-0.4, -0.2) is 43.7 Å². The number of amides is 2. The van der Waals surface area contributed by atoms with Crippen molar-refractivity contribution in [1.82, 2.24) is 9.62 Å². The number of nitrogens with one attached hydrogen (secondary N) is 2. The molecule has 1 unspecified atom stereocenters. The fourth-order valence-corrected chi connectivity index (χ4v) is 6.55. The number of carbonyl (C=O) groups excluding carboxylic acids is 2. The number of piperidine rings is 1. The van der Waals surface area contributed by atoms with Gasteiger partial charge in [-0.15, -0.1) is 0 Å². The van der Waals surface area contributed by atoms with Gasteiger partial charge < -0.3 is 10.6 Å². The third-order valence-corrected chi connectivity index (χ3v) is 8.66. The van der Waals surface area contributed by atoms with Crippen LogP contribution in [-0.2, 0) is 26.0 Å². The van der Waals surface area contributed by atoms with Crippen molar-refractivity contribution in [3.05, 3.63) is 23.8 Å². The molecule has 1 aromatic rings. The highest BCUT2D eigenvalue weighted by Gasteiger charge is 2.34. The van der Waals surface area contributed by atoms with E-state index in [0.717, 1.165) is 37.7 Å². The summed E-state index contributed by atoms with van der Waals surface area (Å²) >= 11 is 0. The topological polar surface area (TPSA) is 95.6 Å². The fourth-order valence-electron chi connectivity index (χ4n) is 4.98. The number of nitrogens with zero attached hydrogens (tertiary/aromatic N) is 1. The van der Waals surface area contributed by atoms with Crippen LogP contribution in [0.3, 0.4) is 0 Å². The van der Waals surface area contributed by atoms with Crippen LogP contribution in [0.15, 0.2) is 23.1 Å². The van der Waals surface area contributed by atoms with Crippen LogP contribution >= 0.6 is 0 Å². The van der Waals surface area contributed by atoms with Gasteiger partial charge in [-0.25, -0.2) is 8.42 Å². The molecule has 2 aliphatic heterocycles. The summed E-state index contributed by atoms with van der Waals surface area (Å²) in [5.74, 6) is -0.337. The average Bonchev–Trinajstić information content (AvgIpc) is 3.13. The van der Waals surface area contributed by atoms with Gasteiger partial charge in [0, 0.05) is 31.2 Å². The molecule has 170 valence electrons. The summed E-state index contributed by atoms with van der Waals surface area (Å²) in [4.78, 5) is 24.9. The van der Waals surface area contributed by atoms with Crippen molar-refractivity contribution in [1.29, 1.82) is 0 Å². The van der Waals surface area contributed by atoms with Crippen molar-refractivity contribution >= 4 is 27.5 Å². The van der Waals surface area contributed by atoms with E-state index >= 15 is 0 Å². The predicted molar refractivity (Wildman–Crippen MR) is 119 cm³/mol. The van der Waals surface area contributed by atoms with Crippen molar-refractivity contribution in [3.63, 3.8) is 0 Å². The Balaban J connectivity index is 1.45. The van der Waals surface area contributed by atoms with E-state index < -0.39 is 10.0 Å². The quantitative estimate of drug-likeness (QED) is 0.693. The van der Waals surface area contributed by atoms with E-state index in [0.29, 0.717) is 37.9 Å². The van der Waals surface area contributed by atoms with Crippen molar-refractivity contribution in [2.75, 3.05) is 18.4 Å². The lowest BCUT2D eigenvalue weighted by Gasteiger charge is -2.32. The predicted octanol–water partition coefficient (Wildman–Crippen LogP) is 3.20. The minimum absolute atomic E-state index is 0.00330. The first kappa shape index (κ1) is 22.3. The van der Waals surface area contributed by atoms with Gasteiger partial charge in [0.25, 0.3) is 0 Å². The lowest BCUT2D eigenvalue weighted by molar-refractivity contribution is -0.126. The standard InChI is InChI=1S/C23H33N3O4S/c27-22-11-5-7-17-15-20(12-13-21(17)25-22)31(29,30)26-14-6-8-18(16-26)23(28)24-19-9-3-1-2-4-10-19/h12-13,15,18-19H,1-11,14,16H2,(H,24,28)(H,25,27). The molecule has 8 heteroatoms. The van der Waals surface area contributed by atoms with Gasteiger partial charge in [0.1, 0.15) is 0 Å². The SMILES string of the molecule is O=C1CCCc2cc(S(=O)(=O)N3CCCC(C(=O)NC4CCCCCC4)C3)ccc2N1. The molecule has 7 nitrogen and oxygen atoms in total. The molecule has 31 heavy (non-hydrogen) atoms. The van der Waals surface area contributed by atoms with Crippen LogP contribution in [0.2, 0.25) is 0 Å². The molecule has 2 amide bonds. The Bertz CT molecular complexity index is 923. The highest BCUT2D eigenvalue weighted by atomic mass is 32.2. The Labute approximate surface area is 185 Å². The van der Waals surface area contributed by atoms with Crippen molar-refractivity contribution in [3.8, 4) is 0 Å². The van der Waals surface area contributed by atoms with E-state index in [9.17, 15) is 18.0 Å². The normalized spacial score (nSPS) is 23.9. The zero-order valence-electron chi connectivity index (χ0n) is 18.1. The number of sulfonamides is 1. The van der Waals surface area contributed by atoms with Crippen LogP contribution in [0.25, 0.3) is 0 Å². The molecule has 0 radical (unpaired) electrons. The van der Waals surface area contributed by atoms with E-state index in [1.165, 1.54) is 17.1 Å². The Kier molecular flexibility index (Phi) is 6.96. The van der Waals surface area contributed by atoms with Gasteiger partial charge in [-0.2, -0.15) is 4.31 Å². The molecule has 2 heterocycles. The van der Waals surface area contributed by atoms with E-state index in [1.54, 1.807) is 18.2 Å². The number of aryl methyl sites for hydroxylation is 1. The second kappa shape index (κ2) is 9.69. The van der Waals surface area contributed by atoms with Crippen LogP contribution in [0, 0.1) is 5.92 Å². The molecule has 0 aromatic heterocycles. The zero-order valence-corrected chi connectivity index (χ0v) is 18.9. The minimum Gasteiger partial charge on any atom is -0.353 e. The van der Waals surface area contributed by atoms with Crippen LogP contribution in [0.1, 0.15) is 69.8 Å². The molecule has 1 saturated heterocycles. The summed E-state index contributed by atoms with van der Waals surface area (Å²) in [6, 6.07) is 5.16. The summed E-state index contributed by atoms with van der Waals surface area (Å²) < 4.78 is 28.1. The first-order valence-electron chi connectivity index (χ1n) is 11.7. The fraction of sp³-hybridized carbons (Fsp3) is 0.652. The van der Waals surface area contributed by atoms with E-state index in [1.807, 2.05) is 0 Å². The van der Waals surface area contributed by atoms with Gasteiger partial charge in [0.2, 0.25) is 21.8 Å². The highest BCUT2D eigenvalue weighted by molar-refractivity contribution is 7.89. The van der Waals surface area contributed by atoms with Gasteiger partial charge in [-0.1, -0.05) is 25.7 Å². The minimum atomic E-state index is -3.69. The molecular formula is C23H33N3O4S.